The highest BCUT2D eigenvalue weighted by Crippen LogP contribution is 2.46. The van der Waals surface area contributed by atoms with Crippen LogP contribution in [-0.4, -0.2) is 47.4 Å². The number of amides is 2. The first-order valence-corrected chi connectivity index (χ1v) is 9.78. The lowest BCUT2D eigenvalue weighted by atomic mass is 9.76. The Balaban J connectivity index is 1.50. The molecule has 2 aromatic rings. The molecule has 4 rings (SSSR count). The van der Waals surface area contributed by atoms with Gasteiger partial charge in [-0.25, -0.2) is 0 Å². The van der Waals surface area contributed by atoms with Crippen LogP contribution in [-0.2, 0) is 4.79 Å². The lowest BCUT2D eigenvalue weighted by molar-refractivity contribution is -0.121. The topological polar surface area (TPSA) is 71.5 Å². The SMILES string of the molecule is CNC(=O)C[C@@H]1CC2(CCN(C(=O)c3ccncc3)CC2)Oc2ccccc21. The number of benzene rings is 1. The Bertz CT molecular complexity index is 860. The van der Waals surface area contributed by atoms with E-state index < -0.39 is 0 Å². The predicted octanol–water partition coefficient (Wildman–Crippen LogP) is 2.76. The number of ether oxygens (including phenoxy) is 1. The van der Waals surface area contributed by atoms with Gasteiger partial charge in [-0.15, -0.1) is 0 Å². The number of pyridine rings is 1. The van der Waals surface area contributed by atoms with Crippen molar-refractivity contribution < 1.29 is 14.3 Å². The van der Waals surface area contributed by atoms with Crippen LogP contribution in [0.5, 0.6) is 5.75 Å². The first kappa shape index (κ1) is 18.5. The molecule has 0 saturated carbocycles. The minimum Gasteiger partial charge on any atom is -0.487 e. The standard InChI is InChI=1S/C22H25N3O3/c1-23-20(26)14-17-15-22(28-19-5-3-2-4-18(17)19)8-12-25(13-9-22)21(27)16-6-10-24-11-7-16/h2-7,10-11,17H,8-9,12-15H2,1H3,(H,23,26)/t17-/m1/s1. The molecule has 1 saturated heterocycles. The van der Waals surface area contributed by atoms with Crippen LogP contribution in [0, 0.1) is 0 Å². The predicted molar refractivity (Wildman–Crippen MR) is 105 cm³/mol. The molecule has 1 fully saturated rings. The van der Waals surface area contributed by atoms with Crippen molar-refractivity contribution in [1.29, 1.82) is 0 Å². The average molecular weight is 379 g/mol. The van der Waals surface area contributed by atoms with E-state index in [1.807, 2.05) is 23.1 Å². The maximum Gasteiger partial charge on any atom is 0.253 e. The smallest absolute Gasteiger partial charge is 0.253 e. The summed E-state index contributed by atoms with van der Waals surface area (Å²) in [7, 11) is 1.67. The van der Waals surface area contributed by atoms with Gasteiger partial charge in [0.2, 0.25) is 5.91 Å². The summed E-state index contributed by atoms with van der Waals surface area (Å²) in [5, 5.41) is 2.74. The number of nitrogens with zero attached hydrogens (tertiary/aromatic N) is 2. The van der Waals surface area contributed by atoms with Gasteiger partial charge in [0.05, 0.1) is 0 Å². The Morgan fingerprint density at radius 2 is 1.89 bits per heavy atom. The number of carbonyl (C=O) groups excluding carboxylic acids is 2. The first-order chi connectivity index (χ1) is 13.6. The minimum atomic E-state index is -0.317. The molecular weight excluding hydrogens is 354 g/mol. The van der Waals surface area contributed by atoms with Gasteiger partial charge < -0.3 is 15.0 Å². The van der Waals surface area contributed by atoms with Crippen molar-refractivity contribution in [2.75, 3.05) is 20.1 Å². The number of hydrogen-bond acceptors (Lipinski definition) is 4. The lowest BCUT2D eigenvalue weighted by Gasteiger charge is -2.47. The molecule has 1 N–H and O–H groups in total. The Labute approximate surface area is 164 Å². The summed E-state index contributed by atoms with van der Waals surface area (Å²) in [6.45, 7) is 1.30. The van der Waals surface area contributed by atoms with Gasteiger partial charge in [0, 0.05) is 63.3 Å². The molecule has 0 radical (unpaired) electrons. The Kier molecular flexibility index (Phi) is 5.03. The van der Waals surface area contributed by atoms with E-state index in [0.29, 0.717) is 25.1 Å². The van der Waals surface area contributed by atoms with Crippen LogP contribution < -0.4 is 10.1 Å². The van der Waals surface area contributed by atoms with Crippen LogP contribution in [0.3, 0.4) is 0 Å². The maximum absolute atomic E-state index is 12.7. The van der Waals surface area contributed by atoms with Crippen LogP contribution in [0.15, 0.2) is 48.8 Å². The number of carbonyl (C=O) groups is 2. The van der Waals surface area contributed by atoms with Gasteiger partial charge in [0.25, 0.3) is 5.91 Å². The van der Waals surface area contributed by atoms with Crippen molar-refractivity contribution in [1.82, 2.24) is 15.2 Å². The summed E-state index contributed by atoms with van der Waals surface area (Å²) >= 11 is 0. The van der Waals surface area contributed by atoms with Crippen molar-refractivity contribution in [2.45, 2.75) is 37.2 Å². The summed E-state index contributed by atoms with van der Waals surface area (Å²) in [4.78, 5) is 30.6. The molecule has 0 unspecified atom stereocenters. The second-order valence-corrected chi connectivity index (χ2v) is 7.63. The Hall–Kier alpha value is -2.89. The van der Waals surface area contributed by atoms with E-state index in [0.717, 1.165) is 30.6 Å². The number of para-hydroxylation sites is 1. The maximum atomic E-state index is 12.7. The largest absolute Gasteiger partial charge is 0.487 e. The van der Waals surface area contributed by atoms with E-state index in [-0.39, 0.29) is 23.3 Å². The van der Waals surface area contributed by atoms with Crippen molar-refractivity contribution >= 4 is 11.8 Å². The van der Waals surface area contributed by atoms with Crippen LogP contribution in [0.4, 0.5) is 0 Å². The molecule has 1 aromatic heterocycles. The van der Waals surface area contributed by atoms with E-state index >= 15 is 0 Å². The molecule has 1 spiro atoms. The van der Waals surface area contributed by atoms with Gasteiger partial charge in [-0.2, -0.15) is 0 Å². The number of nitrogens with one attached hydrogen (secondary N) is 1. The molecular formula is C22H25N3O3. The Morgan fingerprint density at radius 3 is 2.61 bits per heavy atom. The zero-order valence-electron chi connectivity index (χ0n) is 16.1. The van der Waals surface area contributed by atoms with Gasteiger partial charge >= 0.3 is 0 Å². The highest BCUT2D eigenvalue weighted by molar-refractivity contribution is 5.94. The molecule has 28 heavy (non-hydrogen) atoms. The summed E-state index contributed by atoms with van der Waals surface area (Å²) in [6, 6.07) is 11.5. The number of piperidine rings is 1. The van der Waals surface area contributed by atoms with Crippen LogP contribution in [0.1, 0.15) is 47.5 Å². The summed E-state index contributed by atoms with van der Waals surface area (Å²) in [5.41, 5.74) is 1.45. The molecule has 3 heterocycles. The second-order valence-electron chi connectivity index (χ2n) is 7.63. The number of hydrogen-bond donors (Lipinski definition) is 1. The van der Waals surface area contributed by atoms with Crippen molar-refractivity contribution in [3.63, 3.8) is 0 Å². The third-order valence-corrected chi connectivity index (χ3v) is 5.90. The monoisotopic (exact) mass is 379 g/mol. The molecule has 6 nitrogen and oxygen atoms in total. The van der Waals surface area contributed by atoms with Gasteiger partial charge in [-0.05, 0) is 30.2 Å². The van der Waals surface area contributed by atoms with Gasteiger partial charge in [-0.3, -0.25) is 14.6 Å². The highest BCUT2D eigenvalue weighted by Gasteiger charge is 2.44. The quantitative estimate of drug-likeness (QED) is 0.890. The van der Waals surface area contributed by atoms with Gasteiger partial charge in [-0.1, -0.05) is 18.2 Å². The molecule has 146 valence electrons. The van der Waals surface area contributed by atoms with Crippen LogP contribution in [0.2, 0.25) is 0 Å². The van der Waals surface area contributed by atoms with E-state index in [9.17, 15) is 9.59 Å². The zero-order valence-corrected chi connectivity index (χ0v) is 16.1. The number of likely N-dealkylation sites (tertiary alicyclic amines) is 1. The number of fused-ring (bicyclic) bond motifs is 1. The molecule has 2 amide bonds. The molecule has 0 aliphatic carbocycles. The van der Waals surface area contributed by atoms with Crippen LogP contribution >= 0.6 is 0 Å². The van der Waals surface area contributed by atoms with Gasteiger partial charge in [0.1, 0.15) is 11.4 Å². The van der Waals surface area contributed by atoms with E-state index in [1.54, 1.807) is 31.6 Å². The van der Waals surface area contributed by atoms with E-state index in [4.69, 9.17) is 4.74 Å². The van der Waals surface area contributed by atoms with Crippen molar-refractivity contribution in [3.8, 4) is 5.75 Å². The van der Waals surface area contributed by atoms with Crippen molar-refractivity contribution in [2.24, 2.45) is 0 Å². The molecule has 6 heteroatoms. The normalized spacial score (nSPS) is 20.2. The Morgan fingerprint density at radius 1 is 1.18 bits per heavy atom. The molecule has 2 aliphatic heterocycles. The minimum absolute atomic E-state index is 0.0374. The average Bonchev–Trinajstić information content (AvgIpc) is 2.74. The zero-order chi connectivity index (χ0) is 19.6. The van der Waals surface area contributed by atoms with E-state index in [2.05, 4.69) is 16.4 Å². The fraction of sp³-hybridized carbons (Fsp3) is 0.409. The fourth-order valence-corrected chi connectivity index (χ4v) is 4.35. The number of rotatable bonds is 3. The first-order valence-electron chi connectivity index (χ1n) is 9.78. The molecule has 1 aromatic carbocycles. The highest BCUT2D eigenvalue weighted by atomic mass is 16.5. The summed E-state index contributed by atoms with van der Waals surface area (Å²) < 4.78 is 6.46. The van der Waals surface area contributed by atoms with E-state index in [1.165, 1.54) is 0 Å². The number of aromatic nitrogens is 1. The molecule has 2 aliphatic rings. The fourth-order valence-electron chi connectivity index (χ4n) is 4.35. The summed E-state index contributed by atoms with van der Waals surface area (Å²) in [5.74, 6) is 1.08. The molecule has 1 atom stereocenters. The summed E-state index contributed by atoms with van der Waals surface area (Å²) in [6.07, 6.45) is 6.07. The second kappa shape index (κ2) is 7.62. The third kappa shape index (κ3) is 3.59. The lowest BCUT2D eigenvalue weighted by Crippen LogP contribution is -2.52. The van der Waals surface area contributed by atoms with Crippen LogP contribution in [0.25, 0.3) is 0 Å². The third-order valence-electron chi connectivity index (χ3n) is 5.90. The van der Waals surface area contributed by atoms with Crippen molar-refractivity contribution in [3.05, 3.63) is 59.9 Å². The molecule has 0 bridgehead atoms. The van der Waals surface area contributed by atoms with Gasteiger partial charge in [0.15, 0.2) is 0 Å².